The van der Waals surface area contributed by atoms with Crippen molar-refractivity contribution >= 4 is 40.9 Å². The number of methoxy groups -OCH3 is 1. The number of nitrogens with one attached hydrogen (secondary N) is 1. The van der Waals surface area contributed by atoms with Crippen LogP contribution in [0.2, 0.25) is 0 Å². The first kappa shape index (κ1) is 23.3. The number of hydrogen-bond acceptors (Lipinski definition) is 5. The molecule has 4 rings (SSSR count). The molecular formula is C27H29N3O4. The molecule has 7 heteroatoms. The number of amides is 4. The third-order valence-electron chi connectivity index (χ3n) is 6.41. The zero-order valence-electron chi connectivity index (χ0n) is 20.4. The number of carbonyl (C=O) groups excluding carboxylic acids is 3. The minimum Gasteiger partial charge on any atom is -0.497 e. The SMILES string of the molecule is CCN1c2cc(C)c(/C=C3/C(=O)NC(=O)N(c4ccc(OC)cc4)C3=O)cc2C(C)=CC1(C)C. The Balaban J connectivity index is 1.77. The quantitative estimate of drug-likeness (QED) is 0.530. The zero-order chi connectivity index (χ0) is 24.8. The number of fused-ring (bicyclic) bond motifs is 1. The van der Waals surface area contributed by atoms with Crippen molar-refractivity contribution in [3.63, 3.8) is 0 Å². The Hall–Kier alpha value is -3.87. The molecule has 2 aromatic carbocycles. The van der Waals surface area contributed by atoms with Gasteiger partial charge in [-0.15, -0.1) is 0 Å². The molecule has 1 saturated heterocycles. The van der Waals surface area contributed by atoms with Gasteiger partial charge in [-0.3, -0.25) is 14.9 Å². The van der Waals surface area contributed by atoms with Crippen LogP contribution in [-0.4, -0.2) is 37.0 Å². The number of aryl methyl sites for hydroxylation is 1. The molecule has 2 aliphatic rings. The second-order valence-electron chi connectivity index (χ2n) is 9.11. The van der Waals surface area contributed by atoms with E-state index in [2.05, 4.69) is 50.1 Å². The molecular weight excluding hydrogens is 430 g/mol. The van der Waals surface area contributed by atoms with Crippen LogP contribution >= 0.6 is 0 Å². The van der Waals surface area contributed by atoms with E-state index in [1.165, 1.54) is 7.11 Å². The minimum absolute atomic E-state index is 0.0939. The summed E-state index contributed by atoms with van der Waals surface area (Å²) in [5.41, 5.74) is 5.16. The van der Waals surface area contributed by atoms with Crippen LogP contribution in [0.3, 0.4) is 0 Å². The average Bonchev–Trinajstić information content (AvgIpc) is 2.77. The molecule has 0 unspecified atom stereocenters. The van der Waals surface area contributed by atoms with E-state index in [1.807, 2.05) is 13.0 Å². The number of likely N-dealkylation sites (N-methyl/N-ethyl adjacent to an activating group) is 1. The topological polar surface area (TPSA) is 79.0 Å². The molecule has 0 atom stereocenters. The summed E-state index contributed by atoms with van der Waals surface area (Å²) in [6.07, 6.45) is 3.80. The standard InChI is InChI=1S/C27H29N3O4/c1-7-29-23-12-16(2)18(13-21(23)17(3)15-27(29,4)5)14-22-24(31)28-26(33)30(25(22)32)19-8-10-20(34-6)11-9-19/h8-15H,7H2,1-6H3,(H,28,31,33)/b22-14-. The van der Waals surface area contributed by atoms with E-state index in [0.29, 0.717) is 11.4 Å². The van der Waals surface area contributed by atoms with Crippen molar-refractivity contribution in [2.45, 2.75) is 40.2 Å². The van der Waals surface area contributed by atoms with Gasteiger partial charge >= 0.3 is 6.03 Å². The lowest BCUT2D eigenvalue weighted by molar-refractivity contribution is -0.122. The molecule has 2 aliphatic heterocycles. The smallest absolute Gasteiger partial charge is 0.335 e. The van der Waals surface area contributed by atoms with Gasteiger partial charge in [-0.1, -0.05) is 6.08 Å². The lowest BCUT2D eigenvalue weighted by Gasteiger charge is -2.43. The summed E-state index contributed by atoms with van der Waals surface area (Å²) in [5.74, 6) is -0.780. The Bertz CT molecular complexity index is 1260. The van der Waals surface area contributed by atoms with E-state index >= 15 is 0 Å². The van der Waals surface area contributed by atoms with E-state index in [1.54, 1.807) is 30.3 Å². The number of imide groups is 2. The number of benzene rings is 2. The predicted octanol–water partition coefficient (Wildman–Crippen LogP) is 4.69. The Labute approximate surface area is 199 Å². The van der Waals surface area contributed by atoms with Crippen LogP contribution in [0.15, 0.2) is 48.0 Å². The highest BCUT2D eigenvalue weighted by atomic mass is 16.5. The molecule has 7 nitrogen and oxygen atoms in total. The van der Waals surface area contributed by atoms with E-state index in [0.717, 1.165) is 39.4 Å². The number of carbonyl (C=O) groups is 3. The second-order valence-corrected chi connectivity index (χ2v) is 9.11. The van der Waals surface area contributed by atoms with Crippen molar-refractivity contribution in [1.29, 1.82) is 0 Å². The van der Waals surface area contributed by atoms with Gasteiger partial charge in [0.15, 0.2) is 0 Å². The molecule has 1 fully saturated rings. The highest BCUT2D eigenvalue weighted by Gasteiger charge is 2.37. The fourth-order valence-electron chi connectivity index (χ4n) is 4.76. The van der Waals surface area contributed by atoms with Crippen LogP contribution in [-0.2, 0) is 9.59 Å². The van der Waals surface area contributed by atoms with Gasteiger partial charge in [-0.05, 0) is 93.8 Å². The van der Waals surface area contributed by atoms with Crippen molar-refractivity contribution in [2.75, 3.05) is 23.5 Å². The highest BCUT2D eigenvalue weighted by molar-refractivity contribution is 6.39. The van der Waals surface area contributed by atoms with Gasteiger partial charge in [0.05, 0.1) is 18.3 Å². The van der Waals surface area contributed by atoms with Crippen LogP contribution in [0, 0.1) is 6.92 Å². The van der Waals surface area contributed by atoms with Crippen LogP contribution in [0.1, 0.15) is 44.4 Å². The number of hydrogen-bond donors (Lipinski definition) is 1. The third-order valence-corrected chi connectivity index (χ3v) is 6.41. The van der Waals surface area contributed by atoms with Gasteiger partial charge in [0, 0.05) is 17.8 Å². The Morgan fingerprint density at radius 3 is 2.35 bits per heavy atom. The van der Waals surface area contributed by atoms with E-state index < -0.39 is 17.8 Å². The molecule has 2 aromatic rings. The number of allylic oxidation sites excluding steroid dienone is 1. The highest BCUT2D eigenvalue weighted by Crippen LogP contribution is 2.40. The van der Waals surface area contributed by atoms with Crippen molar-refractivity contribution < 1.29 is 19.1 Å². The van der Waals surface area contributed by atoms with Gasteiger partial charge in [0.1, 0.15) is 11.3 Å². The van der Waals surface area contributed by atoms with Gasteiger partial charge in [0.2, 0.25) is 0 Å². The maximum absolute atomic E-state index is 13.3. The molecule has 2 heterocycles. The number of rotatable bonds is 4. The van der Waals surface area contributed by atoms with Crippen LogP contribution < -0.4 is 19.9 Å². The van der Waals surface area contributed by atoms with Crippen molar-refractivity contribution in [1.82, 2.24) is 5.32 Å². The normalized spacial score (nSPS) is 18.6. The number of anilines is 2. The largest absolute Gasteiger partial charge is 0.497 e. The molecule has 4 amide bonds. The molecule has 0 bridgehead atoms. The molecule has 0 spiro atoms. The Morgan fingerprint density at radius 2 is 1.74 bits per heavy atom. The first-order chi connectivity index (χ1) is 16.1. The van der Waals surface area contributed by atoms with Crippen molar-refractivity contribution in [3.05, 3.63) is 64.7 Å². The maximum Gasteiger partial charge on any atom is 0.335 e. The van der Waals surface area contributed by atoms with E-state index in [9.17, 15) is 14.4 Å². The molecule has 0 radical (unpaired) electrons. The van der Waals surface area contributed by atoms with Gasteiger partial charge in [0.25, 0.3) is 11.8 Å². The fourth-order valence-corrected chi connectivity index (χ4v) is 4.76. The number of ether oxygens (including phenoxy) is 1. The zero-order valence-corrected chi connectivity index (χ0v) is 20.4. The summed E-state index contributed by atoms with van der Waals surface area (Å²) in [5, 5.41) is 2.28. The average molecular weight is 460 g/mol. The molecule has 1 N–H and O–H groups in total. The Kier molecular flexibility index (Phi) is 5.81. The molecule has 176 valence electrons. The van der Waals surface area contributed by atoms with E-state index in [-0.39, 0.29) is 11.1 Å². The Morgan fingerprint density at radius 1 is 1.06 bits per heavy atom. The van der Waals surface area contributed by atoms with Crippen molar-refractivity contribution in [3.8, 4) is 5.75 Å². The summed E-state index contributed by atoms with van der Waals surface area (Å²) in [6, 6.07) is 9.83. The monoisotopic (exact) mass is 459 g/mol. The van der Waals surface area contributed by atoms with Crippen LogP contribution in [0.25, 0.3) is 11.6 Å². The predicted molar refractivity (Wildman–Crippen MR) is 134 cm³/mol. The first-order valence-corrected chi connectivity index (χ1v) is 11.2. The van der Waals surface area contributed by atoms with Gasteiger partial charge in [-0.2, -0.15) is 0 Å². The first-order valence-electron chi connectivity index (χ1n) is 11.2. The second kappa shape index (κ2) is 8.48. The molecule has 0 aliphatic carbocycles. The summed E-state index contributed by atoms with van der Waals surface area (Å²) in [6.45, 7) is 11.4. The third kappa shape index (κ3) is 3.87. The van der Waals surface area contributed by atoms with Gasteiger partial charge < -0.3 is 9.64 Å². The van der Waals surface area contributed by atoms with Crippen molar-refractivity contribution in [2.24, 2.45) is 0 Å². The maximum atomic E-state index is 13.3. The number of nitrogens with zero attached hydrogens (tertiary/aromatic N) is 2. The fraction of sp³-hybridized carbons (Fsp3) is 0.296. The minimum atomic E-state index is -0.779. The number of barbiturate groups is 1. The summed E-state index contributed by atoms with van der Waals surface area (Å²) in [7, 11) is 1.53. The molecule has 0 aromatic heterocycles. The van der Waals surface area contributed by atoms with E-state index in [4.69, 9.17) is 4.74 Å². The lowest BCUT2D eigenvalue weighted by Crippen LogP contribution is -2.54. The molecule has 34 heavy (non-hydrogen) atoms. The van der Waals surface area contributed by atoms with Crippen LogP contribution in [0.4, 0.5) is 16.2 Å². The summed E-state index contributed by atoms with van der Waals surface area (Å²) >= 11 is 0. The molecule has 0 saturated carbocycles. The summed E-state index contributed by atoms with van der Waals surface area (Å²) in [4.78, 5) is 41.7. The summed E-state index contributed by atoms with van der Waals surface area (Å²) < 4.78 is 5.15. The van der Waals surface area contributed by atoms with Crippen LogP contribution in [0.5, 0.6) is 5.75 Å². The lowest BCUT2D eigenvalue weighted by atomic mass is 9.86. The van der Waals surface area contributed by atoms with Gasteiger partial charge in [-0.25, -0.2) is 9.69 Å². The number of urea groups is 1.